The smallest absolute Gasteiger partial charge is 0.153 e. The molecule has 19 heavy (non-hydrogen) atoms. The fraction of sp³-hybridized carbons (Fsp3) is 0.375. The first kappa shape index (κ1) is 13.5. The van der Waals surface area contributed by atoms with Gasteiger partial charge in [0, 0.05) is 12.6 Å². The number of aromatic nitrogens is 2. The quantitative estimate of drug-likeness (QED) is 0.771. The zero-order chi connectivity index (χ0) is 14.2. The molecule has 0 fully saturated rings. The molecule has 2 aromatic rings. The van der Waals surface area contributed by atoms with Crippen LogP contribution in [0, 0.1) is 6.92 Å². The highest BCUT2D eigenvalue weighted by Gasteiger charge is 2.18. The molecule has 0 saturated carbocycles. The van der Waals surface area contributed by atoms with Crippen LogP contribution < -0.4 is 0 Å². The predicted octanol–water partition coefficient (Wildman–Crippen LogP) is 3.51. The Balaban J connectivity index is 2.68. The lowest BCUT2D eigenvalue weighted by Gasteiger charge is -2.21. The van der Waals surface area contributed by atoms with Gasteiger partial charge in [0.1, 0.15) is 0 Å². The van der Waals surface area contributed by atoms with Crippen LogP contribution in [-0.2, 0) is 12.5 Å². The highest BCUT2D eigenvalue weighted by molar-refractivity contribution is 5.86. The molecule has 0 aliphatic rings. The van der Waals surface area contributed by atoms with Gasteiger partial charge in [0.15, 0.2) is 6.29 Å². The van der Waals surface area contributed by atoms with Crippen LogP contribution in [0.2, 0.25) is 0 Å². The van der Waals surface area contributed by atoms with E-state index in [1.807, 2.05) is 7.05 Å². The second-order valence-electron chi connectivity index (χ2n) is 5.97. The van der Waals surface area contributed by atoms with E-state index in [1.54, 1.807) is 10.9 Å². The highest BCUT2D eigenvalue weighted by atomic mass is 16.1. The van der Waals surface area contributed by atoms with Gasteiger partial charge in [-0.25, -0.2) is 0 Å². The van der Waals surface area contributed by atoms with Gasteiger partial charge in [-0.05, 0) is 29.5 Å². The molecule has 0 radical (unpaired) electrons. The van der Waals surface area contributed by atoms with Gasteiger partial charge in [-0.3, -0.25) is 9.48 Å². The first-order chi connectivity index (χ1) is 8.84. The molecule has 0 N–H and O–H groups in total. The van der Waals surface area contributed by atoms with Crippen LogP contribution in [0.5, 0.6) is 0 Å². The van der Waals surface area contributed by atoms with Crippen molar-refractivity contribution in [2.45, 2.75) is 33.1 Å². The largest absolute Gasteiger partial charge is 0.298 e. The Hall–Kier alpha value is -1.90. The lowest BCUT2D eigenvalue weighted by molar-refractivity contribution is 0.112. The lowest BCUT2D eigenvalue weighted by atomic mass is 9.84. The van der Waals surface area contributed by atoms with Crippen molar-refractivity contribution in [1.29, 1.82) is 0 Å². The maximum Gasteiger partial charge on any atom is 0.153 e. The first-order valence-corrected chi connectivity index (χ1v) is 6.43. The molecule has 0 bridgehead atoms. The minimum absolute atomic E-state index is 0.0857. The number of carbonyl (C=O) groups excluding carboxylic acids is 1. The summed E-state index contributed by atoms with van der Waals surface area (Å²) in [6.07, 6.45) is 2.48. The third-order valence-electron chi connectivity index (χ3n) is 3.45. The molecule has 1 aromatic heterocycles. The molecule has 0 spiro atoms. The number of carbonyl (C=O) groups is 1. The fourth-order valence-corrected chi connectivity index (χ4v) is 2.21. The standard InChI is InChI=1S/C16H20N2O/c1-11-6-7-13(16(2,3)4)8-14(11)15-12(10-19)9-17-18(15)5/h6-10H,1-5H3. The van der Waals surface area contributed by atoms with Crippen LogP contribution in [0.25, 0.3) is 11.3 Å². The summed E-state index contributed by atoms with van der Waals surface area (Å²) in [7, 11) is 1.87. The summed E-state index contributed by atoms with van der Waals surface area (Å²) >= 11 is 0. The van der Waals surface area contributed by atoms with E-state index in [0.29, 0.717) is 5.56 Å². The minimum Gasteiger partial charge on any atom is -0.298 e. The number of benzene rings is 1. The molecular weight excluding hydrogens is 236 g/mol. The van der Waals surface area contributed by atoms with Crippen LogP contribution in [0.15, 0.2) is 24.4 Å². The predicted molar refractivity (Wildman–Crippen MR) is 77.5 cm³/mol. The first-order valence-electron chi connectivity index (χ1n) is 6.43. The highest BCUT2D eigenvalue weighted by Crippen LogP contribution is 2.31. The number of hydrogen-bond acceptors (Lipinski definition) is 2. The van der Waals surface area contributed by atoms with Gasteiger partial charge < -0.3 is 0 Å². The summed E-state index contributed by atoms with van der Waals surface area (Å²) in [5, 5.41) is 4.18. The molecule has 1 heterocycles. The zero-order valence-electron chi connectivity index (χ0n) is 12.2. The third kappa shape index (κ3) is 2.46. The van der Waals surface area contributed by atoms with Crippen molar-refractivity contribution < 1.29 is 4.79 Å². The van der Waals surface area contributed by atoms with E-state index >= 15 is 0 Å². The van der Waals surface area contributed by atoms with E-state index in [1.165, 1.54) is 5.56 Å². The summed E-state index contributed by atoms with van der Waals surface area (Å²) in [6.45, 7) is 8.62. The number of rotatable bonds is 2. The van der Waals surface area contributed by atoms with Gasteiger partial charge in [-0.1, -0.05) is 32.9 Å². The SMILES string of the molecule is Cc1ccc(C(C)(C)C)cc1-c1c(C=O)cnn1C. The summed E-state index contributed by atoms with van der Waals surface area (Å²) in [6, 6.07) is 6.42. The summed E-state index contributed by atoms with van der Waals surface area (Å²) < 4.78 is 1.76. The van der Waals surface area contributed by atoms with E-state index in [2.05, 4.69) is 51.0 Å². The molecule has 0 amide bonds. The molecule has 3 heteroatoms. The average molecular weight is 256 g/mol. The van der Waals surface area contributed by atoms with Crippen molar-refractivity contribution in [1.82, 2.24) is 9.78 Å². The topological polar surface area (TPSA) is 34.9 Å². The van der Waals surface area contributed by atoms with E-state index < -0.39 is 0 Å². The molecular formula is C16H20N2O. The maximum atomic E-state index is 11.2. The Morgan fingerprint density at radius 3 is 2.53 bits per heavy atom. The lowest BCUT2D eigenvalue weighted by Crippen LogP contribution is -2.11. The van der Waals surface area contributed by atoms with Crippen molar-refractivity contribution in [2.24, 2.45) is 7.05 Å². The van der Waals surface area contributed by atoms with Crippen molar-refractivity contribution >= 4 is 6.29 Å². The molecule has 0 saturated heterocycles. The van der Waals surface area contributed by atoms with Gasteiger partial charge in [0.25, 0.3) is 0 Å². The van der Waals surface area contributed by atoms with Gasteiger partial charge in [0.2, 0.25) is 0 Å². The molecule has 2 rings (SSSR count). The van der Waals surface area contributed by atoms with E-state index in [-0.39, 0.29) is 5.41 Å². The number of aldehydes is 1. The second kappa shape index (κ2) is 4.65. The Labute approximate surface area is 114 Å². The fourth-order valence-electron chi connectivity index (χ4n) is 2.21. The van der Waals surface area contributed by atoms with Crippen LogP contribution in [0.1, 0.15) is 42.3 Å². The van der Waals surface area contributed by atoms with Crippen LogP contribution >= 0.6 is 0 Å². The monoisotopic (exact) mass is 256 g/mol. The van der Waals surface area contributed by atoms with Crippen LogP contribution in [0.4, 0.5) is 0 Å². The minimum atomic E-state index is 0.0857. The van der Waals surface area contributed by atoms with Gasteiger partial charge in [0.05, 0.1) is 17.5 Å². The Morgan fingerprint density at radius 1 is 1.26 bits per heavy atom. The Morgan fingerprint density at radius 2 is 1.95 bits per heavy atom. The molecule has 0 atom stereocenters. The zero-order valence-corrected chi connectivity index (χ0v) is 12.2. The molecule has 0 aliphatic carbocycles. The summed E-state index contributed by atoms with van der Waals surface area (Å²) in [5.41, 5.74) is 5.10. The van der Waals surface area contributed by atoms with Crippen molar-refractivity contribution in [2.75, 3.05) is 0 Å². The maximum absolute atomic E-state index is 11.2. The van der Waals surface area contributed by atoms with Crippen LogP contribution in [-0.4, -0.2) is 16.1 Å². The Kier molecular flexibility index (Phi) is 3.31. The van der Waals surface area contributed by atoms with E-state index in [0.717, 1.165) is 23.1 Å². The molecule has 1 aromatic carbocycles. The third-order valence-corrected chi connectivity index (χ3v) is 3.45. The van der Waals surface area contributed by atoms with Crippen molar-refractivity contribution in [3.8, 4) is 11.3 Å². The van der Waals surface area contributed by atoms with Crippen LogP contribution in [0.3, 0.4) is 0 Å². The summed E-state index contributed by atoms with van der Waals surface area (Å²) in [5.74, 6) is 0. The average Bonchev–Trinajstić information content (AvgIpc) is 2.69. The molecule has 0 aliphatic heterocycles. The van der Waals surface area contributed by atoms with Gasteiger partial charge in [-0.15, -0.1) is 0 Å². The molecule has 100 valence electrons. The van der Waals surface area contributed by atoms with Gasteiger partial charge >= 0.3 is 0 Å². The number of aryl methyl sites for hydroxylation is 2. The second-order valence-corrected chi connectivity index (χ2v) is 5.97. The summed E-state index contributed by atoms with van der Waals surface area (Å²) in [4.78, 5) is 11.2. The molecule has 3 nitrogen and oxygen atoms in total. The molecule has 0 unspecified atom stereocenters. The van der Waals surface area contributed by atoms with Crippen molar-refractivity contribution in [3.63, 3.8) is 0 Å². The number of hydrogen-bond donors (Lipinski definition) is 0. The normalized spacial score (nSPS) is 11.6. The van der Waals surface area contributed by atoms with E-state index in [4.69, 9.17) is 0 Å². The number of nitrogens with zero attached hydrogens (tertiary/aromatic N) is 2. The van der Waals surface area contributed by atoms with Crippen molar-refractivity contribution in [3.05, 3.63) is 41.1 Å². The Bertz CT molecular complexity index is 618. The van der Waals surface area contributed by atoms with E-state index in [9.17, 15) is 4.79 Å². The van der Waals surface area contributed by atoms with Gasteiger partial charge in [-0.2, -0.15) is 5.10 Å².